The minimum atomic E-state index is -1.21. The van der Waals surface area contributed by atoms with Crippen molar-refractivity contribution < 1.29 is 24.2 Å². The maximum Gasteiger partial charge on any atom is 0.336 e. The molecule has 6 heteroatoms. The van der Waals surface area contributed by atoms with Crippen molar-refractivity contribution in [3.05, 3.63) is 83.4 Å². The van der Waals surface area contributed by atoms with Crippen molar-refractivity contribution in [2.75, 3.05) is 5.32 Å². The van der Waals surface area contributed by atoms with Crippen LogP contribution in [0, 0.1) is 6.92 Å². The van der Waals surface area contributed by atoms with Crippen molar-refractivity contribution in [3.8, 4) is 17.2 Å². The second-order valence-electron chi connectivity index (χ2n) is 7.07. The molecule has 0 aliphatic carbocycles. The van der Waals surface area contributed by atoms with Gasteiger partial charge in [-0.25, -0.2) is 4.79 Å². The van der Waals surface area contributed by atoms with Crippen molar-refractivity contribution in [1.82, 2.24) is 0 Å². The number of anilines is 1. The number of aryl methyl sites for hydroxylation is 1. The molecule has 0 atom stereocenters. The first kappa shape index (κ1) is 20.9. The number of carboxylic acids is 1. The van der Waals surface area contributed by atoms with E-state index in [0.717, 1.165) is 5.56 Å². The third-order valence-electron chi connectivity index (χ3n) is 4.21. The lowest BCUT2D eigenvalue weighted by Gasteiger charge is -2.12. The highest BCUT2D eigenvalue weighted by Gasteiger charge is 2.18. The summed E-state index contributed by atoms with van der Waals surface area (Å²) in [6.45, 7) is 5.81. The Hall–Kier alpha value is -3.80. The van der Waals surface area contributed by atoms with Gasteiger partial charge in [0.1, 0.15) is 17.2 Å². The van der Waals surface area contributed by atoms with Crippen molar-refractivity contribution in [3.63, 3.8) is 0 Å². The van der Waals surface area contributed by atoms with Gasteiger partial charge in [0.25, 0.3) is 5.91 Å². The Labute approximate surface area is 175 Å². The number of hydrogen-bond donors (Lipinski definition) is 2. The van der Waals surface area contributed by atoms with Crippen molar-refractivity contribution in [2.45, 2.75) is 26.9 Å². The zero-order valence-electron chi connectivity index (χ0n) is 17.0. The monoisotopic (exact) mass is 405 g/mol. The van der Waals surface area contributed by atoms with Crippen molar-refractivity contribution in [1.29, 1.82) is 0 Å². The predicted octanol–water partition coefficient (Wildman–Crippen LogP) is 5.53. The van der Waals surface area contributed by atoms with E-state index in [4.69, 9.17) is 9.47 Å². The molecule has 0 saturated carbocycles. The SMILES string of the molecule is Cc1ccc(Oc2ccc(C(=O)Nc3ccc(OC(C)C)cc3)c(C(=O)O)c2)cc1. The summed E-state index contributed by atoms with van der Waals surface area (Å²) in [7, 11) is 0. The van der Waals surface area contributed by atoms with Crippen LogP contribution in [0.2, 0.25) is 0 Å². The molecule has 3 rings (SSSR count). The van der Waals surface area contributed by atoms with Gasteiger partial charge >= 0.3 is 5.97 Å². The Bertz CT molecular complexity index is 1040. The molecule has 0 spiro atoms. The standard InChI is InChI=1S/C24H23NO5/c1-15(2)29-18-10-6-17(7-11-18)25-23(26)21-13-12-20(14-22(21)24(27)28)30-19-8-4-16(3)5-9-19/h4-15H,1-3H3,(H,25,26)(H,27,28). The summed E-state index contributed by atoms with van der Waals surface area (Å²) in [6.07, 6.45) is 0.0456. The summed E-state index contributed by atoms with van der Waals surface area (Å²) in [6, 6.07) is 18.6. The number of carbonyl (C=O) groups is 2. The predicted molar refractivity (Wildman–Crippen MR) is 115 cm³/mol. The first-order valence-corrected chi connectivity index (χ1v) is 9.52. The van der Waals surface area contributed by atoms with Crippen molar-refractivity contribution in [2.24, 2.45) is 0 Å². The van der Waals surface area contributed by atoms with E-state index in [1.54, 1.807) is 42.5 Å². The number of amides is 1. The average Bonchev–Trinajstić information content (AvgIpc) is 2.70. The molecule has 2 N–H and O–H groups in total. The van der Waals surface area contributed by atoms with Crippen LogP contribution in [-0.2, 0) is 0 Å². The summed E-state index contributed by atoms with van der Waals surface area (Å²) in [4.78, 5) is 24.4. The number of nitrogens with one attached hydrogen (secondary N) is 1. The van der Waals surface area contributed by atoms with E-state index in [2.05, 4.69) is 5.32 Å². The lowest BCUT2D eigenvalue weighted by molar-refractivity contribution is 0.0692. The molecular weight excluding hydrogens is 382 g/mol. The molecule has 0 aliphatic rings. The Kier molecular flexibility index (Phi) is 6.37. The van der Waals surface area contributed by atoms with Crippen LogP contribution >= 0.6 is 0 Å². The maximum atomic E-state index is 12.7. The first-order chi connectivity index (χ1) is 14.3. The van der Waals surface area contributed by atoms with Gasteiger partial charge in [-0.2, -0.15) is 0 Å². The Morgan fingerprint density at radius 3 is 2.03 bits per heavy atom. The third-order valence-corrected chi connectivity index (χ3v) is 4.21. The summed E-state index contributed by atoms with van der Waals surface area (Å²) < 4.78 is 11.3. The van der Waals surface area contributed by atoms with Gasteiger partial charge in [0, 0.05) is 5.69 Å². The van der Waals surface area contributed by atoms with E-state index in [0.29, 0.717) is 22.9 Å². The van der Waals surface area contributed by atoms with Gasteiger partial charge in [-0.3, -0.25) is 4.79 Å². The molecular formula is C24H23NO5. The summed E-state index contributed by atoms with van der Waals surface area (Å²) in [5.74, 6) is -0.130. The van der Waals surface area contributed by atoms with E-state index in [9.17, 15) is 14.7 Å². The second kappa shape index (κ2) is 9.13. The van der Waals surface area contributed by atoms with Crippen LogP contribution in [0.4, 0.5) is 5.69 Å². The average molecular weight is 405 g/mol. The quantitative estimate of drug-likeness (QED) is 0.540. The molecule has 0 fully saturated rings. The number of carbonyl (C=O) groups excluding carboxylic acids is 1. The number of benzene rings is 3. The van der Waals surface area contributed by atoms with Gasteiger partial charge in [0.15, 0.2) is 0 Å². The summed E-state index contributed by atoms with van der Waals surface area (Å²) in [5.41, 5.74) is 1.52. The Morgan fingerprint density at radius 1 is 0.833 bits per heavy atom. The fourth-order valence-electron chi connectivity index (χ4n) is 2.79. The molecule has 0 bridgehead atoms. The van der Waals surface area contributed by atoms with Gasteiger partial charge in [-0.15, -0.1) is 0 Å². The van der Waals surface area contributed by atoms with E-state index in [1.165, 1.54) is 12.1 Å². The van der Waals surface area contributed by atoms with Gasteiger partial charge in [0.05, 0.1) is 17.2 Å². The van der Waals surface area contributed by atoms with Crippen LogP contribution < -0.4 is 14.8 Å². The number of carboxylic acid groups (broad SMARTS) is 1. The number of aromatic carboxylic acids is 1. The summed E-state index contributed by atoms with van der Waals surface area (Å²) in [5, 5.41) is 12.3. The van der Waals surface area contributed by atoms with Crippen LogP contribution in [0.1, 0.15) is 40.1 Å². The van der Waals surface area contributed by atoms with Crippen LogP contribution in [0.3, 0.4) is 0 Å². The lowest BCUT2D eigenvalue weighted by atomic mass is 10.1. The van der Waals surface area contributed by atoms with Crippen molar-refractivity contribution >= 4 is 17.6 Å². The molecule has 30 heavy (non-hydrogen) atoms. The topological polar surface area (TPSA) is 84.9 Å². The molecule has 154 valence electrons. The molecule has 3 aromatic carbocycles. The van der Waals surface area contributed by atoms with Gasteiger partial charge in [-0.1, -0.05) is 17.7 Å². The van der Waals surface area contributed by atoms with E-state index in [1.807, 2.05) is 32.9 Å². The minimum Gasteiger partial charge on any atom is -0.491 e. The fourth-order valence-corrected chi connectivity index (χ4v) is 2.79. The normalized spacial score (nSPS) is 10.5. The smallest absolute Gasteiger partial charge is 0.336 e. The molecule has 0 aliphatic heterocycles. The Balaban J connectivity index is 1.77. The highest BCUT2D eigenvalue weighted by molar-refractivity contribution is 6.10. The maximum absolute atomic E-state index is 12.7. The highest BCUT2D eigenvalue weighted by atomic mass is 16.5. The summed E-state index contributed by atoms with van der Waals surface area (Å²) >= 11 is 0. The molecule has 0 heterocycles. The van der Waals surface area contributed by atoms with Crippen LogP contribution in [0.25, 0.3) is 0 Å². The zero-order valence-corrected chi connectivity index (χ0v) is 17.0. The van der Waals surface area contributed by atoms with E-state index < -0.39 is 11.9 Å². The number of ether oxygens (including phenoxy) is 2. The molecule has 1 amide bonds. The van der Waals surface area contributed by atoms with Gasteiger partial charge in [0.2, 0.25) is 0 Å². The third kappa shape index (κ3) is 5.38. The first-order valence-electron chi connectivity index (χ1n) is 9.52. The zero-order chi connectivity index (χ0) is 21.7. The number of rotatable bonds is 7. The molecule has 0 unspecified atom stereocenters. The minimum absolute atomic E-state index is 0.0428. The van der Waals surface area contributed by atoms with Gasteiger partial charge in [-0.05, 0) is 75.4 Å². The largest absolute Gasteiger partial charge is 0.491 e. The molecule has 0 saturated heterocycles. The second-order valence-corrected chi connectivity index (χ2v) is 7.07. The van der Waals surface area contributed by atoms with Crippen LogP contribution in [0.15, 0.2) is 66.7 Å². The Morgan fingerprint density at radius 2 is 1.43 bits per heavy atom. The lowest BCUT2D eigenvalue weighted by Crippen LogP contribution is -2.16. The molecule has 0 aromatic heterocycles. The molecule has 0 radical (unpaired) electrons. The van der Waals surface area contributed by atoms with Gasteiger partial charge < -0.3 is 19.9 Å². The van der Waals surface area contributed by atoms with Crippen LogP contribution in [-0.4, -0.2) is 23.1 Å². The molecule has 6 nitrogen and oxygen atoms in total. The van der Waals surface area contributed by atoms with E-state index in [-0.39, 0.29) is 17.2 Å². The fraction of sp³-hybridized carbons (Fsp3) is 0.167. The van der Waals surface area contributed by atoms with Crippen LogP contribution in [0.5, 0.6) is 17.2 Å². The molecule has 3 aromatic rings. The van der Waals surface area contributed by atoms with E-state index >= 15 is 0 Å². The number of hydrogen-bond acceptors (Lipinski definition) is 4. The highest BCUT2D eigenvalue weighted by Crippen LogP contribution is 2.25.